The molecule has 17 heavy (non-hydrogen) atoms. The lowest BCUT2D eigenvalue weighted by atomic mass is 9.87. The predicted octanol–water partition coefficient (Wildman–Crippen LogP) is 2.92. The van der Waals surface area contributed by atoms with Crippen molar-refractivity contribution in [2.45, 2.75) is 47.0 Å². The maximum Gasteiger partial charge on any atom is 0.221 e. The van der Waals surface area contributed by atoms with Crippen molar-refractivity contribution in [2.24, 2.45) is 5.84 Å². The van der Waals surface area contributed by atoms with Gasteiger partial charge in [-0.25, -0.2) is 5.84 Å². The number of hydrazine groups is 1. The van der Waals surface area contributed by atoms with Crippen molar-refractivity contribution in [1.29, 1.82) is 0 Å². The molecule has 0 aliphatic carbocycles. The van der Waals surface area contributed by atoms with E-state index in [1.54, 1.807) is 5.43 Å². The van der Waals surface area contributed by atoms with E-state index in [1.807, 2.05) is 13.8 Å². The van der Waals surface area contributed by atoms with Gasteiger partial charge >= 0.3 is 0 Å². The molecule has 0 fully saturated rings. The molecule has 0 saturated carbocycles. The highest BCUT2D eigenvalue weighted by molar-refractivity contribution is 5.44. The summed E-state index contributed by atoms with van der Waals surface area (Å²) in [5.41, 5.74) is 4.77. The number of nitrogens with two attached hydrogens (primary N) is 1. The van der Waals surface area contributed by atoms with E-state index in [0.29, 0.717) is 6.41 Å². The zero-order valence-electron chi connectivity index (χ0n) is 11.9. The summed E-state index contributed by atoms with van der Waals surface area (Å²) in [5.74, 6) is 4.41. The number of carbonyl (C=O) groups is 1. The lowest BCUT2D eigenvalue weighted by molar-refractivity contribution is -0.109. The monoisotopic (exact) mass is 238 g/mol. The second kappa shape index (κ2) is 9.85. The Bertz CT molecular complexity index is 286. The Morgan fingerprint density at radius 3 is 1.71 bits per heavy atom. The first kappa shape index (κ1) is 18.0. The summed E-state index contributed by atoms with van der Waals surface area (Å²) < 4.78 is 0. The van der Waals surface area contributed by atoms with Gasteiger partial charge in [-0.3, -0.25) is 10.2 Å². The van der Waals surface area contributed by atoms with Gasteiger partial charge in [0.1, 0.15) is 0 Å². The molecule has 0 aliphatic rings. The first-order chi connectivity index (χ1) is 7.91. The highest BCUT2D eigenvalue weighted by atomic mass is 16.1. The van der Waals surface area contributed by atoms with E-state index < -0.39 is 0 Å². The van der Waals surface area contributed by atoms with E-state index in [0.717, 1.165) is 0 Å². The van der Waals surface area contributed by atoms with Gasteiger partial charge < -0.3 is 0 Å². The molecule has 1 aromatic carbocycles. The Labute approximate surface area is 105 Å². The summed E-state index contributed by atoms with van der Waals surface area (Å²) in [5, 5.41) is 0. The third kappa shape index (κ3) is 9.57. The molecule has 0 atom stereocenters. The van der Waals surface area contributed by atoms with Crippen LogP contribution in [0.1, 0.15) is 45.7 Å². The van der Waals surface area contributed by atoms with Gasteiger partial charge in [-0.05, 0) is 17.9 Å². The minimum Gasteiger partial charge on any atom is -0.297 e. The van der Waals surface area contributed by atoms with E-state index in [9.17, 15) is 0 Å². The van der Waals surface area contributed by atoms with Crippen LogP contribution in [0, 0.1) is 6.92 Å². The summed E-state index contributed by atoms with van der Waals surface area (Å²) in [6.45, 7) is 12.8. The van der Waals surface area contributed by atoms with Crippen molar-refractivity contribution in [2.75, 3.05) is 0 Å². The average molecular weight is 238 g/mol. The standard InChI is InChI=1S/C11H16.C2H6.CH4N2O/c1-9-5-7-10(8-6-9)11(2,3)4;1-2;2-3-1-4/h5-8H,1-4H3;1-2H3;1H,2H2,(H,3,4). The molecule has 1 amide bonds. The molecule has 0 spiro atoms. The molecule has 3 nitrogen and oxygen atoms in total. The van der Waals surface area contributed by atoms with E-state index in [4.69, 9.17) is 4.79 Å². The molecule has 3 heteroatoms. The average Bonchev–Trinajstić information content (AvgIpc) is 2.31. The maximum absolute atomic E-state index is 8.94. The molecule has 0 aliphatic heterocycles. The van der Waals surface area contributed by atoms with E-state index in [-0.39, 0.29) is 5.41 Å². The lowest BCUT2D eigenvalue weighted by Crippen LogP contribution is -2.18. The van der Waals surface area contributed by atoms with Gasteiger partial charge in [0.15, 0.2) is 0 Å². The van der Waals surface area contributed by atoms with Crippen LogP contribution in [-0.2, 0) is 10.2 Å². The first-order valence-electron chi connectivity index (χ1n) is 5.88. The van der Waals surface area contributed by atoms with Crippen molar-refractivity contribution in [3.05, 3.63) is 35.4 Å². The Kier molecular flexibility index (Phi) is 10.4. The molecule has 0 bridgehead atoms. The smallest absolute Gasteiger partial charge is 0.221 e. The molecule has 0 radical (unpaired) electrons. The SMILES string of the molecule is CC.Cc1ccc(C(C)(C)C)cc1.NNC=O. The molecule has 0 saturated heterocycles. The summed E-state index contributed by atoms with van der Waals surface area (Å²) in [6, 6.07) is 8.74. The first-order valence-corrected chi connectivity index (χ1v) is 5.88. The van der Waals surface area contributed by atoms with Gasteiger partial charge in [0, 0.05) is 0 Å². The van der Waals surface area contributed by atoms with Crippen LogP contribution in [0.25, 0.3) is 0 Å². The fourth-order valence-electron chi connectivity index (χ4n) is 1.05. The van der Waals surface area contributed by atoms with Gasteiger partial charge in [-0.15, -0.1) is 0 Å². The van der Waals surface area contributed by atoms with E-state index in [1.165, 1.54) is 11.1 Å². The Morgan fingerprint density at radius 1 is 1.12 bits per heavy atom. The van der Waals surface area contributed by atoms with Crippen molar-refractivity contribution >= 4 is 6.41 Å². The van der Waals surface area contributed by atoms with Crippen LogP contribution in [0.2, 0.25) is 0 Å². The minimum atomic E-state index is 0.285. The van der Waals surface area contributed by atoms with Gasteiger partial charge in [0.05, 0.1) is 0 Å². The number of hydrogen-bond acceptors (Lipinski definition) is 2. The summed E-state index contributed by atoms with van der Waals surface area (Å²) in [4.78, 5) is 8.94. The van der Waals surface area contributed by atoms with Crippen molar-refractivity contribution < 1.29 is 4.79 Å². The molecule has 0 aromatic heterocycles. The number of hydrogen-bond donors (Lipinski definition) is 2. The van der Waals surface area contributed by atoms with Gasteiger partial charge in [-0.1, -0.05) is 64.4 Å². The molecule has 98 valence electrons. The lowest BCUT2D eigenvalue weighted by Gasteiger charge is -2.18. The summed E-state index contributed by atoms with van der Waals surface area (Å²) >= 11 is 0. The van der Waals surface area contributed by atoms with Crippen LogP contribution in [0.15, 0.2) is 24.3 Å². The third-order valence-electron chi connectivity index (χ3n) is 1.99. The van der Waals surface area contributed by atoms with Crippen LogP contribution in [0.3, 0.4) is 0 Å². The van der Waals surface area contributed by atoms with Crippen LogP contribution in [0.5, 0.6) is 0 Å². The molecule has 0 unspecified atom stereocenters. The van der Waals surface area contributed by atoms with Crippen molar-refractivity contribution in [1.82, 2.24) is 5.43 Å². The minimum absolute atomic E-state index is 0.285. The fraction of sp³-hybridized carbons (Fsp3) is 0.500. The number of carbonyl (C=O) groups excluding carboxylic acids is 1. The normalized spacial score (nSPS) is 9.12. The van der Waals surface area contributed by atoms with Gasteiger partial charge in [0.2, 0.25) is 6.41 Å². The maximum atomic E-state index is 8.94. The predicted molar refractivity (Wildman–Crippen MR) is 74.6 cm³/mol. The van der Waals surface area contributed by atoms with Crippen LogP contribution < -0.4 is 11.3 Å². The number of benzene rings is 1. The Hall–Kier alpha value is -1.35. The summed E-state index contributed by atoms with van der Waals surface area (Å²) in [6.07, 6.45) is 0.403. The molecular formula is C14H26N2O. The highest BCUT2D eigenvalue weighted by Gasteiger charge is 2.11. The Morgan fingerprint density at radius 2 is 1.47 bits per heavy atom. The zero-order chi connectivity index (χ0) is 13.9. The number of rotatable bonds is 1. The second-order valence-corrected chi connectivity index (χ2v) is 4.40. The largest absolute Gasteiger partial charge is 0.297 e. The van der Waals surface area contributed by atoms with Gasteiger partial charge in [-0.2, -0.15) is 0 Å². The molecule has 3 N–H and O–H groups in total. The molecule has 0 heterocycles. The third-order valence-corrected chi connectivity index (χ3v) is 1.99. The summed E-state index contributed by atoms with van der Waals surface area (Å²) in [7, 11) is 0. The second-order valence-electron chi connectivity index (χ2n) is 4.40. The molecular weight excluding hydrogens is 212 g/mol. The van der Waals surface area contributed by atoms with E-state index in [2.05, 4.69) is 57.8 Å². The Balaban J connectivity index is 0. The topological polar surface area (TPSA) is 55.1 Å². The van der Waals surface area contributed by atoms with Crippen molar-refractivity contribution in [3.63, 3.8) is 0 Å². The highest BCUT2D eigenvalue weighted by Crippen LogP contribution is 2.21. The number of nitrogens with one attached hydrogen (secondary N) is 1. The van der Waals surface area contributed by atoms with Crippen LogP contribution in [0.4, 0.5) is 0 Å². The van der Waals surface area contributed by atoms with E-state index >= 15 is 0 Å². The quantitative estimate of drug-likeness (QED) is 0.342. The molecule has 1 rings (SSSR count). The fourth-order valence-corrected chi connectivity index (χ4v) is 1.05. The zero-order valence-corrected chi connectivity index (χ0v) is 11.9. The van der Waals surface area contributed by atoms with Crippen molar-refractivity contribution in [3.8, 4) is 0 Å². The van der Waals surface area contributed by atoms with Gasteiger partial charge in [0.25, 0.3) is 0 Å². The number of aryl methyl sites for hydroxylation is 1. The van der Waals surface area contributed by atoms with Crippen LogP contribution >= 0.6 is 0 Å². The molecule has 1 aromatic rings. The number of amides is 1. The van der Waals surface area contributed by atoms with Crippen LogP contribution in [-0.4, -0.2) is 6.41 Å².